The lowest BCUT2D eigenvalue weighted by Gasteiger charge is -2.12. The molecule has 5 nitrogen and oxygen atoms in total. The number of hydrogen-bond acceptors (Lipinski definition) is 4. The number of aryl methyl sites for hydroxylation is 1. The Morgan fingerprint density at radius 1 is 1.03 bits per heavy atom. The van der Waals surface area contributed by atoms with E-state index in [1.165, 1.54) is 6.20 Å². The third kappa shape index (κ3) is 6.65. The van der Waals surface area contributed by atoms with E-state index in [1.807, 2.05) is 0 Å². The van der Waals surface area contributed by atoms with Gasteiger partial charge in [-0.3, -0.25) is 9.59 Å². The number of amides is 1. The van der Waals surface area contributed by atoms with Crippen molar-refractivity contribution < 1.29 is 31.9 Å². The molecule has 1 saturated carbocycles. The molecule has 2 aromatic carbocycles. The van der Waals surface area contributed by atoms with Gasteiger partial charge in [-0.15, -0.1) is 0 Å². The molecule has 0 saturated heterocycles. The lowest BCUT2D eigenvalue weighted by Crippen LogP contribution is -2.14. The van der Waals surface area contributed by atoms with Gasteiger partial charge in [-0.25, -0.2) is 9.37 Å². The van der Waals surface area contributed by atoms with Gasteiger partial charge in [0.1, 0.15) is 28.9 Å². The molecule has 0 unspecified atom stereocenters. The molecule has 1 heterocycles. The minimum Gasteiger partial charge on any atom is -0.457 e. The summed E-state index contributed by atoms with van der Waals surface area (Å²) in [6.07, 6.45) is -1.74. The van der Waals surface area contributed by atoms with Crippen molar-refractivity contribution in [2.45, 2.75) is 38.8 Å². The Kier molecular flexibility index (Phi) is 6.86. The molecule has 0 atom stereocenters. The van der Waals surface area contributed by atoms with Gasteiger partial charge in [0, 0.05) is 31.0 Å². The van der Waals surface area contributed by atoms with Crippen molar-refractivity contribution in [2.24, 2.45) is 5.92 Å². The lowest BCUT2D eigenvalue weighted by molar-refractivity contribution is -0.138. The molecule has 3 aromatic rings. The van der Waals surface area contributed by atoms with Crippen molar-refractivity contribution in [3.8, 4) is 11.5 Å². The van der Waals surface area contributed by atoms with Crippen LogP contribution in [-0.4, -0.2) is 16.7 Å². The second kappa shape index (κ2) is 9.85. The van der Waals surface area contributed by atoms with E-state index >= 15 is 0 Å². The summed E-state index contributed by atoms with van der Waals surface area (Å²) >= 11 is 0. The number of pyridine rings is 1. The average molecular weight is 486 g/mol. The Labute approximate surface area is 199 Å². The van der Waals surface area contributed by atoms with E-state index in [-0.39, 0.29) is 36.0 Å². The summed E-state index contributed by atoms with van der Waals surface area (Å²) in [6.45, 7) is 1.78. The van der Waals surface area contributed by atoms with E-state index in [0.717, 1.165) is 30.5 Å². The van der Waals surface area contributed by atoms with Gasteiger partial charge in [-0.1, -0.05) is 6.07 Å². The molecule has 1 amide bonds. The maximum Gasteiger partial charge on any atom is 0.416 e. The Balaban J connectivity index is 1.39. The Bertz CT molecular complexity index is 1270. The van der Waals surface area contributed by atoms with Gasteiger partial charge in [-0.05, 0) is 72.9 Å². The average Bonchev–Trinajstić information content (AvgIpc) is 3.60. The zero-order valence-corrected chi connectivity index (χ0v) is 18.8. The highest BCUT2D eigenvalue weighted by atomic mass is 19.4. The van der Waals surface area contributed by atoms with Crippen LogP contribution in [0.15, 0.2) is 54.7 Å². The third-order valence-electron chi connectivity index (χ3n) is 5.55. The normalized spacial score (nSPS) is 13.4. The minimum atomic E-state index is -4.69. The van der Waals surface area contributed by atoms with Gasteiger partial charge in [0.25, 0.3) is 0 Å². The summed E-state index contributed by atoms with van der Waals surface area (Å²) in [7, 11) is 0. The number of ketones is 1. The summed E-state index contributed by atoms with van der Waals surface area (Å²) in [5.74, 6) is -0.0220. The first-order valence-electron chi connectivity index (χ1n) is 11.0. The highest BCUT2D eigenvalue weighted by molar-refractivity contribution is 5.93. The third-order valence-corrected chi connectivity index (χ3v) is 5.55. The summed E-state index contributed by atoms with van der Waals surface area (Å²) in [6, 6.07) is 10.5. The number of carbonyl (C=O) groups is 2. The quantitative estimate of drug-likeness (QED) is 0.394. The number of rotatable bonds is 8. The Morgan fingerprint density at radius 3 is 2.46 bits per heavy atom. The summed E-state index contributed by atoms with van der Waals surface area (Å²) in [4.78, 5) is 28.5. The van der Waals surface area contributed by atoms with Gasteiger partial charge < -0.3 is 10.1 Å². The smallest absolute Gasteiger partial charge is 0.416 e. The SMILES string of the molecule is Cc1cc(Oc2ccnc(NC(=O)C3CC3)c2)ccc1CC(=O)Cc1cc(F)cc(C(F)(F)F)c1. The number of Topliss-reactive ketones (excluding diaryl/α,β-unsaturated/α-hetero) is 1. The fourth-order valence-corrected chi connectivity index (χ4v) is 3.60. The van der Waals surface area contributed by atoms with Crippen LogP contribution in [0.25, 0.3) is 0 Å². The maximum atomic E-state index is 13.6. The number of carbonyl (C=O) groups excluding carboxylic acids is 2. The number of anilines is 1. The lowest BCUT2D eigenvalue weighted by atomic mass is 9.98. The van der Waals surface area contributed by atoms with Crippen LogP contribution in [0.4, 0.5) is 23.4 Å². The molecule has 0 bridgehead atoms. The summed E-state index contributed by atoms with van der Waals surface area (Å²) in [5, 5.41) is 2.75. The van der Waals surface area contributed by atoms with E-state index in [1.54, 1.807) is 37.3 Å². The largest absolute Gasteiger partial charge is 0.457 e. The van der Waals surface area contributed by atoms with Crippen LogP contribution in [0.3, 0.4) is 0 Å². The molecule has 0 aliphatic heterocycles. The van der Waals surface area contributed by atoms with Gasteiger partial charge >= 0.3 is 6.18 Å². The molecule has 1 N–H and O–H groups in total. The van der Waals surface area contributed by atoms with Crippen molar-refractivity contribution in [1.82, 2.24) is 4.98 Å². The number of nitrogens with one attached hydrogen (secondary N) is 1. The molecule has 1 aromatic heterocycles. The molecular formula is C26H22F4N2O3. The van der Waals surface area contributed by atoms with Crippen LogP contribution < -0.4 is 10.1 Å². The Hall–Kier alpha value is -3.75. The second-order valence-electron chi connectivity index (χ2n) is 8.57. The van der Waals surface area contributed by atoms with Crippen LogP contribution >= 0.6 is 0 Å². The zero-order chi connectivity index (χ0) is 25.2. The van der Waals surface area contributed by atoms with Crippen molar-refractivity contribution in [1.29, 1.82) is 0 Å². The van der Waals surface area contributed by atoms with Crippen LogP contribution in [0.2, 0.25) is 0 Å². The fourth-order valence-electron chi connectivity index (χ4n) is 3.60. The van der Waals surface area contributed by atoms with Gasteiger partial charge in [0.05, 0.1) is 5.56 Å². The number of hydrogen-bond donors (Lipinski definition) is 1. The molecule has 1 aliphatic carbocycles. The summed E-state index contributed by atoms with van der Waals surface area (Å²) < 4.78 is 58.2. The van der Waals surface area contributed by atoms with Gasteiger partial charge in [-0.2, -0.15) is 13.2 Å². The first-order chi connectivity index (χ1) is 16.6. The first-order valence-corrected chi connectivity index (χ1v) is 11.0. The number of ether oxygens (including phenoxy) is 1. The standard InChI is InChI=1S/C26H22F4N2O3/c1-15-8-22(35-23-6-7-31-24(14-23)32-25(34)17-2-3-17)5-4-18(15)12-21(33)11-16-9-19(26(28,29)30)13-20(27)10-16/h4-10,13-14,17H,2-3,11-12H2,1H3,(H,31,32,34). The first kappa shape index (κ1) is 24.4. The molecule has 4 rings (SSSR count). The van der Waals surface area contributed by atoms with Gasteiger partial charge in [0.2, 0.25) is 5.91 Å². The van der Waals surface area contributed by atoms with E-state index < -0.39 is 17.6 Å². The van der Waals surface area contributed by atoms with Crippen LogP contribution in [0, 0.1) is 18.7 Å². The highest BCUT2D eigenvalue weighted by Gasteiger charge is 2.31. The molecule has 0 spiro atoms. The van der Waals surface area contributed by atoms with E-state index in [4.69, 9.17) is 4.74 Å². The van der Waals surface area contributed by atoms with Crippen molar-refractivity contribution in [3.63, 3.8) is 0 Å². The molecule has 182 valence electrons. The van der Waals surface area contributed by atoms with Crippen LogP contribution in [0.5, 0.6) is 11.5 Å². The van der Waals surface area contributed by atoms with E-state index in [0.29, 0.717) is 28.9 Å². The highest BCUT2D eigenvalue weighted by Crippen LogP contribution is 2.32. The minimum absolute atomic E-state index is 0.0173. The van der Waals surface area contributed by atoms with Crippen LogP contribution in [0.1, 0.15) is 35.1 Å². The van der Waals surface area contributed by atoms with Crippen molar-refractivity contribution in [3.05, 3.63) is 82.8 Å². The predicted molar refractivity (Wildman–Crippen MR) is 121 cm³/mol. The van der Waals surface area contributed by atoms with Gasteiger partial charge in [0.15, 0.2) is 0 Å². The second-order valence-corrected chi connectivity index (χ2v) is 8.57. The molecule has 0 radical (unpaired) electrons. The maximum absolute atomic E-state index is 13.6. The monoisotopic (exact) mass is 486 g/mol. The molecule has 1 fully saturated rings. The predicted octanol–water partition coefficient (Wildman–Crippen LogP) is 6.04. The molecule has 35 heavy (non-hydrogen) atoms. The topological polar surface area (TPSA) is 68.3 Å². The number of benzene rings is 2. The van der Waals surface area contributed by atoms with Crippen molar-refractivity contribution >= 4 is 17.5 Å². The number of aromatic nitrogens is 1. The number of alkyl halides is 3. The molecular weight excluding hydrogens is 464 g/mol. The van der Waals surface area contributed by atoms with E-state index in [9.17, 15) is 27.2 Å². The summed E-state index contributed by atoms with van der Waals surface area (Å²) in [5.41, 5.74) is 0.288. The fraction of sp³-hybridized carbons (Fsp3) is 0.269. The molecule has 9 heteroatoms. The number of halogens is 4. The molecule has 1 aliphatic rings. The Morgan fingerprint density at radius 2 is 1.77 bits per heavy atom. The van der Waals surface area contributed by atoms with E-state index in [2.05, 4.69) is 10.3 Å². The van der Waals surface area contributed by atoms with Crippen molar-refractivity contribution in [2.75, 3.05) is 5.32 Å². The zero-order valence-electron chi connectivity index (χ0n) is 18.8. The number of nitrogens with zero attached hydrogens (tertiary/aromatic N) is 1. The van der Waals surface area contributed by atoms with Crippen LogP contribution in [-0.2, 0) is 28.6 Å².